The van der Waals surface area contributed by atoms with E-state index in [-0.39, 0.29) is 10.6 Å². The van der Waals surface area contributed by atoms with Gasteiger partial charge in [-0.05, 0) is 24.6 Å². The molecule has 0 fully saturated rings. The average molecular weight is 275 g/mol. The summed E-state index contributed by atoms with van der Waals surface area (Å²) in [6, 6.07) is 12.5. The van der Waals surface area contributed by atoms with E-state index in [1.165, 1.54) is 11.6 Å². The summed E-state index contributed by atoms with van der Waals surface area (Å²) in [7, 11) is 0. The van der Waals surface area contributed by atoms with E-state index in [1.807, 2.05) is 31.2 Å². The molecule has 4 heteroatoms. The summed E-state index contributed by atoms with van der Waals surface area (Å²) in [6.45, 7) is 2.36. The van der Waals surface area contributed by atoms with Gasteiger partial charge in [0.25, 0.3) is 0 Å². The maximum atomic E-state index is 13.6. The predicted octanol–water partition coefficient (Wildman–Crippen LogP) is 3.35. The van der Waals surface area contributed by atoms with E-state index in [2.05, 4.69) is 0 Å². The van der Waals surface area contributed by atoms with E-state index < -0.39 is 5.82 Å². The lowest BCUT2D eigenvalue weighted by Crippen LogP contribution is -2.14. The summed E-state index contributed by atoms with van der Waals surface area (Å²) in [6.07, 6.45) is 0. The van der Waals surface area contributed by atoms with Gasteiger partial charge in [0.15, 0.2) is 0 Å². The second-order valence-corrected chi connectivity index (χ2v) is 4.69. The molecular weight excluding hydrogens is 261 g/mol. The molecule has 0 radical (unpaired) electrons. The van der Waals surface area contributed by atoms with Crippen molar-refractivity contribution in [1.82, 2.24) is 0 Å². The summed E-state index contributed by atoms with van der Waals surface area (Å²) in [5, 5.41) is 0. The fraction of sp³-hybridized carbons (Fsp3) is 0.133. The Hall–Kier alpha value is -1.94. The zero-order chi connectivity index (χ0) is 13.8. The van der Waals surface area contributed by atoms with Gasteiger partial charge in [-0.25, -0.2) is 4.39 Å². The second-order valence-electron chi connectivity index (χ2n) is 4.25. The molecule has 0 aliphatic rings. The molecule has 0 saturated carbocycles. The number of aryl methyl sites for hydroxylation is 1. The highest BCUT2D eigenvalue weighted by Crippen LogP contribution is 2.22. The zero-order valence-corrected chi connectivity index (χ0v) is 11.3. The molecule has 0 amide bonds. The van der Waals surface area contributed by atoms with Crippen LogP contribution in [0, 0.1) is 12.7 Å². The molecule has 98 valence electrons. The van der Waals surface area contributed by atoms with Gasteiger partial charge in [-0.1, -0.05) is 48.1 Å². The Morgan fingerprint density at radius 2 is 1.89 bits per heavy atom. The minimum atomic E-state index is -0.464. The molecule has 2 nitrogen and oxygen atoms in total. The summed E-state index contributed by atoms with van der Waals surface area (Å²) in [5.41, 5.74) is 7.86. The maximum Gasteiger partial charge on any atom is 0.137 e. The van der Waals surface area contributed by atoms with Crippen molar-refractivity contribution in [1.29, 1.82) is 0 Å². The molecule has 0 spiro atoms. The normalized spacial score (nSPS) is 10.2. The Balaban J connectivity index is 2.18. The van der Waals surface area contributed by atoms with Gasteiger partial charge in [0, 0.05) is 0 Å². The molecule has 2 aromatic carbocycles. The molecule has 0 aliphatic heterocycles. The molecule has 0 heterocycles. The lowest BCUT2D eigenvalue weighted by molar-refractivity contribution is 0.304. The lowest BCUT2D eigenvalue weighted by atomic mass is 10.1. The topological polar surface area (TPSA) is 35.2 Å². The van der Waals surface area contributed by atoms with Crippen LogP contribution in [0.4, 0.5) is 4.39 Å². The van der Waals surface area contributed by atoms with Gasteiger partial charge in [0.05, 0.1) is 5.56 Å². The fourth-order valence-corrected chi connectivity index (χ4v) is 1.91. The third-order valence-corrected chi connectivity index (χ3v) is 2.94. The molecule has 0 aliphatic carbocycles. The van der Waals surface area contributed by atoms with E-state index in [4.69, 9.17) is 22.7 Å². The third-order valence-electron chi connectivity index (χ3n) is 2.74. The van der Waals surface area contributed by atoms with E-state index in [0.29, 0.717) is 12.4 Å². The summed E-state index contributed by atoms with van der Waals surface area (Å²) < 4.78 is 19.2. The van der Waals surface area contributed by atoms with Crippen LogP contribution in [0.1, 0.15) is 16.7 Å². The minimum Gasteiger partial charge on any atom is -0.488 e. The molecule has 0 atom stereocenters. The SMILES string of the molecule is Cc1ccc(COc2cccc(F)c2C(N)=S)cc1. The first-order valence-corrected chi connectivity index (χ1v) is 6.25. The lowest BCUT2D eigenvalue weighted by Gasteiger charge is -2.11. The number of ether oxygens (including phenoxy) is 1. The van der Waals surface area contributed by atoms with Gasteiger partial charge in [0.2, 0.25) is 0 Å². The van der Waals surface area contributed by atoms with Crippen LogP contribution in [0.25, 0.3) is 0 Å². The number of halogens is 1. The molecular formula is C15H14FNOS. The number of thiocarbonyl (C=S) groups is 1. The van der Waals surface area contributed by atoms with Crippen molar-refractivity contribution < 1.29 is 9.13 Å². The fourth-order valence-electron chi connectivity index (χ4n) is 1.71. The molecule has 2 rings (SSSR count). The molecule has 0 bridgehead atoms. The van der Waals surface area contributed by atoms with Crippen molar-refractivity contribution in [3.63, 3.8) is 0 Å². The van der Waals surface area contributed by atoms with Gasteiger partial charge < -0.3 is 10.5 Å². The van der Waals surface area contributed by atoms with Gasteiger partial charge >= 0.3 is 0 Å². The standard InChI is InChI=1S/C15H14FNOS/c1-10-5-7-11(8-6-10)9-18-13-4-2-3-12(16)14(13)15(17)19/h2-8H,9H2,1H3,(H2,17,19). The van der Waals surface area contributed by atoms with Crippen LogP contribution in [0.2, 0.25) is 0 Å². The van der Waals surface area contributed by atoms with Gasteiger partial charge in [-0.15, -0.1) is 0 Å². The minimum absolute atomic E-state index is 0.00277. The number of rotatable bonds is 4. The second kappa shape index (κ2) is 5.80. The predicted molar refractivity (Wildman–Crippen MR) is 77.8 cm³/mol. The van der Waals surface area contributed by atoms with Crippen molar-refractivity contribution in [2.24, 2.45) is 5.73 Å². The number of nitrogens with two attached hydrogens (primary N) is 1. The van der Waals surface area contributed by atoms with Crippen LogP contribution in [0.3, 0.4) is 0 Å². The average Bonchev–Trinajstić information content (AvgIpc) is 2.37. The van der Waals surface area contributed by atoms with Crippen LogP contribution in [-0.4, -0.2) is 4.99 Å². The molecule has 0 unspecified atom stereocenters. The van der Waals surface area contributed by atoms with Crippen molar-refractivity contribution in [3.8, 4) is 5.75 Å². The van der Waals surface area contributed by atoms with E-state index in [9.17, 15) is 4.39 Å². The highest BCUT2D eigenvalue weighted by Gasteiger charge is 2.12. The first kappa shape index (κ1) is 13.5. The van der Waals surface area contributed by atoms with Crippen LogP contribution in [-0.2, 0) is 6.61 Å². The van der Waals surface area contributed by atoms with Crippen LogP contribution < -0.4 is 10.5 Å². The molecule has 19 heavy (non-hydrogen) atoms. The largest absolute Gasteiger partial charge is 0.488 e. The van der Waals surface area contributed by atoms with Crippen molar-refractivity contribution in [3.05, 3.63) is 65.0 Å². The van der Waals surface area contributed by atoms with E-state index in [0.717, 1.165) is 5.56 Å². The number of benzene rings is 2. The Morgan fingerprint density at radius 3 is 2.53 bits per heavy atom. The third kappa shape index (κ3) is 3.29. The number of hydrogen-bond acceptors (Lipinski definition) is 2. The summed E-state index contributed by atoms with van der Waals surface area (Å²) in [4.78, 5) is -0.00277. The highest BCUT2D eigenvalue weighted by atomic mass is 32.1. The first-order chi connectivity index (χ1) is 9.08. The number of hydrogen-bond donors (Lipinski definition) is 1. The van der Waals surface area contributed by atoms with Crippen LogP contribution in [0.5, 0.6) is 5.75 Å². The summed E-state index contributed by atoms with van der Waals surface area (Å²) >= 11 is 4.84. The van der Waals surface area contributed by atoms with Gasteiger partial charge in [0.1, 0.15) is 23.2 Å². The zero-order valence-electron chi connectivity index (χ0n) is 10.5. The Morgan fingerprint density at radius 1 is 1.21 bits per heavy atom. The Labute approximate surface area is 117 Å². The monoisotopic (exact) mass is 275 g/mol. The van der Waals surface area contributed by atoms with E-state index >= 15 is 0 Å². The quantitative estimate of drug-likeness (QED) is 0.869. The van der Waals surface area contributed by atoms with Crippen molar-refractivity contribution >= 4 is 17.2 Å². The Bertz CT molecular complexity index is 596. The molecule has 2 aromatic rings. The van der Waals surface area contributed by atoms with E-state index in [1.54, 1.807) is 12.1 Å². The highest BCUT2D eigenvalue weighted by molar-refractivity contribution is 7.80. The van der Waals surface area contributed by atoms with Gasteiger partial charge in [-0.2, -0.15) is 0 Å². The molecule has 0 saturated heterocycles. The van der Waals surface area contributed by atoms with Crippen molar-refractivity contribution in [2.75, 3.05) is 0 Å². The van der Waals surface area contributed by atoms with Crippen molar-refractivity contribution in [2.45, 2.75) is 13.5 Å². The summed E-state index contributed by atoms with van der Waals surface area (Å²) in [5.74, 6) is -0.0954. The Kier molecular flexibility index (Phi) is 4.12. The molecule has 2 N–H and O–H groups in total. The maximum absolute atomic E-state index is 13.6. The van der Waals surface area contributed by atoms with Crippen LogP contribution in [0.15, 0.2) is 42.5 Å². The molecule has 0 aromatic heterocycles. The first-order valence-electron chi connectivity index (χ1n) is 5.84. The van der Waals surface area contributed by atoms with Gasteiger partial charge in [-0.3, -0.25) is 0 Å². The smallest absolute Gasteiger partial charge is 0.137 e. The van der Waals surface area contributed by atoms with Crippen LogP contribution >= 0.6 is 12.2 Å².